The highest BCUT2D eigenvalue weighted by molar-refractivity contribution is 5.05. The molecule has 0 spiro atoms. The molecule has 2 fully saturated rings. The summed E-state index contributed by atoms with van der Waals surface area (Å²) < 4.78 is 14.1. The Bertz CT molecular complexity index is 207. The van der Waals surface area contributed by atoms with E-state index in [4.69, 9.17) is 0 Å². The average molecular weight is 198 g/mol. The molecule has 0 heterocycles. The fraction of sp³-hybridized carbons (Fsp3) is 1.00. The van der Waals surface area contributed by atoms with Gasteiger partial charge in [-0.25, -0.2) is 4.39 Å². The molecule has 2 aliphatic carbocycles. The molecule has 2 rings (SSSR count). The minimum atomic E-state index is -0.767. The molecular formula is C13H23F. The summed E-state index contributed by atoms with van der Waals surface area (Å²) in [5.74, 6) is 2.64. The summed E-state index contributed by atoms with van der Waals surface area (Å²) in [6.07, 6.45) is 5.58. The first-order chi connectivity index (χ1) is 6.51. The summed E-state index contributed by atoms with van der Waals surface area (Å²) in [4.78, 5) is 0. The van der Waals surface area contributed by atoms with Crippen LogP contribution in [0.4, 0.5) is 4.39 Å². The maximum absolute atomic E-state index is 14.1. The third-order valence-electron chi connectivity index (χ3n) is 3.99. The zero-order chi connectivity index (χ0) is 10.3. The molecule has 0 N–H and O–H groups in total. The number of rotatable bonds is 5. The second kappa shape index (κ2) is 3.50. The fourth-order valence-corrected chi connectivity index (χ4v) is 2.88. The standard InChI is InChI=1S/C13H23F/c1-9(2)7-13(14)8-12(13)6-10(3)11-4-5-11/h9-12H,4-8H2,1-3H3. The SMILES string of the molecule is CC(C)CC1(F)CC1CC(C)C1CC1. The second-order valence-corrected chi connectivity index (χ2v) is 6.08. The van der Waals surface area contributed by atoms with Gasteiger partial charge in [-0.05, 0) is 55.8 Å². The van der Waals surface area contributed by atoms with Crippen LogP contribution in [0.2, 0.25) is 0 Å². The van der Waals surface area contributed by atoms with Gasteiger partial charge in [0.2, 0.25) is 0 Å². The molecule has 0 aliphatic heterocycles. The lowest BCUT2D eigenvalue weighted by Crippen LogP contribution is -2.10. The molecule has 0 amide bonds. The second-order valence-electron chi connectivity index (χ2n) is 6.08. The van der Waals surface area contributed by atoms with Crippen LogP contribution in [-0.2, 0) is 0 Å². The highest BCUT2D eigenvalue weighted by Gasteiger charge is 2.55. The molecule has 0 aromatic carbocycles. The monoisotopic (exact) mass is 198 g/mol. The first kappa shape index (κ1) is 10.4. The molecule has 2 aliphatic rings. The molecule has 0 nitrogen and oxygen atoms in total. The minimum absolute atomic E-state index is 0.403. The lowest BCUT2D eigenvalue weighted by Gasteiger charge is -2.13. The van der Waals surface area contributed by atoms with Gasteiger partial charge in [-0.2, -0.15) is 0 Å². The first-order valence-electron chi connectivity index (χ1n) is 6.20. The van der Waals surface area contributed by atoms with Crippen LogP contribution in [0.1, 0.15) is 52.9 Å². The van der Waals surface area contributed by atoms with Gasteiger partial charge in [-0.3, -0.25) is 0 Å². The Balaban J connectivity index is 1.73. The molecule has 1 heteroatoms. The molecule has 0 aromatic rings. The molecule has 0 saturated heterocycles. The van der Waals surface area contributed by atoms with E-state index in [9.17, 15) is 4.39 Å². The number of hydrogen-bond acceptors (Lipinski definition) is 0. The van der Waals surface area contributed by atoms with Crippen molar-refractivity contribution in [2.24, 2.45) is 23.7 Å². The lowest BCUT2D eigenvalue weighted by molar-refractivity contribution is 0.221. The average Bonchev–Trinajstić information content (AvgIpc) is 2.87. The zero-order valence-corrected chi connectivity index (χ0v) is 9.72. The van der Waals surface area contributed by atoms with Gasteiger partial charge < -0.3 is 0 Å². The smallest absolute Gasteiger partial charge is 0.114 e. The third-order valence-corrected chi connectivity index (χ3v) is 3.99. The molecule has 2 saturated carbocycles. The van der Waals surface area contributed by atoms with Crippen molar-refractivity contribution in [2.45, 2.75) is 58.5 Å². The van der Waals surface area contributed by atoms with E-state index < -0.39 is 5.67 Å². The Morgan fingerprint density at radius 1 is 1.29 bits per heavy atom. The van der Waals surface area contributed by atoms with Gasteiger partial charge in [0.1, 0.15) is 5.67 Å². The molecule has 0 radical (unpaired) electrons. The predicted molar refractivity (Wildman–Crippen MR) is 57.9 cm³/mol. The van der Waals surface area contributed by atoms with Gasteiger partial charge >= 0.3 is 0 Å². The van der Waals surface area contributed by atoms with Crippen molar-refractivity contribution in [3.05, 3.63) is 0 Å². The lowest BCUT2D eigenvalue weighted by atomic mass is 9.95. The van der Waals surface area contributed by atoms with E-state index in [2.05, 4.69) is 20.8 Å². The Morgan fingerprint density at radius 3 is 2.43 bits per heavy atom. The van der Waals surface area contributed by atoms with Crippen molar-refractivity contribution >= 4 is 0 Å². The van der Waals surface area contributed by atoms with Crippen molar-refractivity contribution in [3.63, 3.8) is 0 Å². The molecule has 82 valence electrons. The number of halogens is 1. The van der Waals surface area contributed by atoms with Gasteiger partial charge in [0.15, 0.2) is 0 Å². The van der Waals surface area contributed by atoms with Crippen LogP contribution in [0.3, 0.4) is 0 Å². The fourth-order valence-electron chi connectivity index (χ4n) is 2.88. The Labute approximate surface area is 87.3 Å². The molecule has 0 bridgehead atoms. The molecule has 3 unspecified atom stereocenters. The number of alkyl halides is 1. The molecule has 14 heavy (non-hydrogen) atoms. The van der Waals surface area contributed by atoms with Gasteiger partial charge in [0.05, 0.1) is 0 Å². The van der Waals surface area contributed by atoms with E-state index in [1.807, 2.05) is 0 Å². The van der Waals surface area contributed by atoms with Gasteiger partial charge in [0, 0.05) is 0 Å². The largest absolute Gasteiger partial charge is 0.244 e. The van der Waals surface area contributed by atoms with Crippen molar-refractivity contribution < 1.29 is 4.39 Å². The van der Waals surface area contributed by atoms with Crippen LogP contribution in [0, 0.1) is 23.7 Å². The van der Waals surface area contributed by atoms with Crippen molar-refractivity contribution in [2.75, 3.05) is 0 Å². The summed E-state index contributed by atoms with van der Waals surface area (Å²) in [7, 11) is 0. The normalized spacial score (nSPS) is 38.8. The maximum Gasteiger partial charge on any atom is 0.114 e. The molecule has 3 atom stereocenters. The van der Waals surface area contributed by atoms with Crippen LogP contribution < -0.4 is 0 Å². The number of hydrogen-bond donors (Lipinski definition) is 0. The van der Waals surface area contributed by atoms with Crippen LogP contribution in [0.5, 0.6) is 0 Å². The van der Waals surface area contributed by atoms with E-state index in [1.165, 1.54) is 12.8 Å². The quantitative estimate of drug-likeness (QED) is 0.621. The van der Waals surface area contributed by atoms with E-state index in [1.54, 1.807) is 0 Å². The molecule has 0 aromatic heterocycles. The van der Waals surface area contributed by atoms with E-state index in [-0.39, 0.29) is 0 Å². The van der Waals surface area contributed by atoms with Crippen LogP contribution >= 0.6 is 0 Å². The Hall–Kier alpha value is -0.0700. The third kappa shape index (κ3) is 2.29. The minimum Gasteiger partial charge on any atom is -0.244 e. The van der Waals surface area contributed by atoms with Gasteiger partial charge in [-0.15, -0.1) is 0 Å². The van der Waals surface area contributed by atoms with Gasteiger partial charge in [-0.1, -0.05) is 20.8 Å². The summed E-state index contributed by atoms with van der Waals surface area (Å²) in [5, 5.41) is 0. The highest BCUT2D eigenvalue weighted by atomic mass is 19.1. The Morgan fingerprint density at radius 2 is 1.93 bits per heavy atom. The summed E-state index contributed by atoms with van der Waals surface area (Å²) in [6.45, 7) is 6.56. The summed E-state index contributed by atoms with van der Waals surface area (Å²) >= 11 is 0. The summed E-state index contributed by atoms with van der Waals surface area (Å²) in [5.41, 5.74) is -0.767. The summed E-state index contributed by atoms with van der Waals surface area (Å²) in [6, 6.07) is 0. The Kier molecular flexibility index (Phi) is 2.61. The van der Waals surface area contributed by atoms with Crippen molar-refractivity contribution in [3.8, 4) is 0 Å². The van der Waals surface area contributed by atoms with Crippen molar-refractivity contribution in [1.29, 1.82) is 0 Å². The van der Waals surface area contributed by atoms with Crippen LogP contribution in [0.15, 0.2) is 0 Å². The zero-order valence-electron chi connectivity index (χ0n) is 9.72. The first-order valence-corrected chi connectivity index (χ1v) is 6.20. The predicted octanol–water partition coefficient (Wildman–Crippen LogP) is 4.20. The van der Waals surface area contributed by atoms with Gasteiger partial charge in [0.25, 0.3) is 0 Å². The van der Waals surface area contributed by atoms with E-state index in [0.717, 1.165) is 31.1 Å². The van der Waals surface area contributed by atoms with Crippen LogP contribution in [0.25, 0.3) is 0 Å². The van der Waals surface area contributed by atoms with Crippen molar-refractivity contribution in [1.82, 2.24) is 0 Å². The van der Waals surface area contributed by atoms with E-state index in [0.29, 0.717) is 11.8 Å². The van der Waals surface area contributed by atoms with E-state index >= 15 is 0 Å². The molecular weight excluding hydrogens is 175 g/mol. The van der Waals surface area contributed by atoms with Crippen LogP contribution in [-0.4, -0.2) is 5.67 Å². The maximum atomic E-state index is 14.1. The highest BCUT2D eigenvalue weighted by Crippen LogP contribution is 2.56. The topological polar surface area (TPSA) is 0 Å².